The molecule has 0 aliphatic heterocycles. The number of nitrogens with one attached hydrogen (secondary N) is 1. The summed E-state index contributed by atoms with van der Waals surface area (Å²) in [5.41, 5.74) is 1.93. The molecule has 30 heavy (non-hydrogen) atoms. The van der Waals surface area contributed by atoms with Crippen molar-refractivity contribution >= 4 is 22.4 Å². The number of hydrogen-bond donors (Lipinski definition) is 1. The number of anilines is 1. The van der Waals surface area contributed by atoms with E-state index in [1.165, 1.54) is 24.6 Å². The molecule has 0 aliphatic rings. The predicted molar refractivity (Wildman–Crippen MR) is 110 cm³/mol. The molecule has 0 aliphatic carbocycles. The third-order valence-corrected chi connectivity index (χ3v) is 4.84. The molecule has 0 bridgehead atoms. The van der Waals surface area contributed by atoms with Crippen LogP contribution in [0.5, 0.6) is 11.6 Å². The molecule has 10 heteroatoms. The number of nitrogens with zero attached hydrogens (tertiary/aromatic N) is 5. The van der Waals surface area contributed by atoms with E-state index in [1.54, 1.807) is 24.7 Å². The van der Waals surface area contributed by atoms with Gasteiger partial charge in [0.1, 0.15) is 11.6 Å². The molecular weight excluding hydrogens is 404 g/mol. The van der Waals surface area contributed by atoms with Crippen LogP contribution in [0.1, 0.15) is 16.1 Å². The summed E-state index contributed by atoms with van der Waals surface area (Å²) in [5.74, 6) is 0.235. The monoisotopic (exact) mass is 420 g/mol. The highest BCUT2D eigenvalue weighted by atomic mass is 32.1. The van der Waals surface area contributed by atoms with Gasteiger partial charge in [-0.1, -0.05) is 17.4 Å². The molecule has 0 atom stereocenters. The molecule has 150 valence electrons. The van der Waals surface area contributed by atoms with E-state index in [0.29, 0.717) is 21.5 Å². The molecule has 1 N–H and O–H groups in total. The van der Waals surface area contributed by atoms with Crippen molar-refractivity contribution in [2.24, 2.45) is 0 Å². The summed E-state index contributed by atoms with van der Waals surface area (Å²) in [6, 6.07) is 10.7. The Labute approximate surface area is 175 Å². The molecule has 0 aromatic carbocycles. The molecular formula is C20H16N6O3S. The van der Waals surface area contributed by atoms with Crippen molar-refractivity contribution in [3.05, 3.63) is 72.4 Å². The van der Waals surface area contributed by atoms with Gasteiger partial charge in [-0.25, -0.2) is 4.98 Å². The highest BCUT2D eigenvalue weighted by Gasteiger charge is 2.15. The molecule has 0 saturated heterocycles. The molecule has 1 amide bonds. The van der Waals surface area contributed by atoms with E-state index in [2.05, 4.69) is 30.5 Å². The minimum absolute atomic E-state index is 0.234. The highest BCUT2D eigenvalue weighted by molar-refractivity contribution is 7.18. The van der Waals surface area contributed by atoms with E-state index < -0.39 is 0 Å². The third kappa shape index (κ3) is 4.55. The van der Waals surface area contributed by atoms with Crippen LogP contribution < -0.4 is 14.8 Å². The summed E-state index contributed by atoms with van der Waals surface area (Å²) in [7, 11) is 1.48. The van der Waals surface area contributed by atoms with Crippen LogP contribution in [0.2, 0.25) is 0 Å². The van der Waals surface area contributed by atoms with Gasteiger partial charge in [-0.3, -0.25) is 20.1 Å². The topological polar surface area (TPSA) is 112 Å². The van der Waals surface area contributed by atoms with Crippen molar-refractivity contribution in [2.75, 3.05) is 12.4 Å². The smallest absolute Gasteiger partial charge is 0.259 e. The number of rotatable bonds is 7. The fraction of sp³-hybridized carbons (Fsp3) is 0.100. The van der Waals surface area contributed by atoms with Gasteiger partial charge < -0.3 is 9.47 Å². The molecule has 0 spiro atoms. The lowest BCUT2D eigenvalue weighted by Gasteiger charge is -2.10. The standard InChI is InChI=1S/C20H16N6O3S/c1-28-16-10-14(11-23-18(16)29-12-15-4-2-3-7-22-15)17(27)24-20-26-25-19(30-20)13-5-8-21-9-6-13/h2-11H,12H2,1H3,(H,24,26,27). The maximum atomic E-state index is 12.6. The van der Waals surface area contributed by atoms with Gasteiger partial charge in [-0.15, -0.1) is 10.2 Å². The number of ether oxygens (including phenoxy) is 2. The molecule has 4 rings (SSSR count). The van der Waals surface area contributed by atoms with Gasteiger partial charge in [-0.05, 0) is 24.3 Å². The first-order chi connectivity index (χ1) is 14.7. The van der Waals surface area contributed by atoms with E-state index in [1.807, 2.05) is 30.3 Å². The summed E-state index contributed by atoms with van der Waals surface area (Å²) in [6.07, 6.45) is 6.44. The zero-order valence-electron chi connectivity index (χ0n) is 15.8. The van der Waals surface area contributed by atoms with Crippen molar-refractivity contribution in [2.45, 2.75) is 6.61 Å². The van der Waals surface area contributed by atoms with Crippen molar-refractivity contribution in [1.29, 1.82) is 0 Å². The van der Waals surface area contributed by atoms with Crippen LogP contribution in [0.3, 0.4) is 0 Å². The second-order valence-corrected chi connectivity index (χ2v) is 6.92. The summed E-state index contributed by atoms with van der Waals surface area (Å²) in [5, 5.41) is 11.9. The molecule has 9 nitrogen and oxygen atoms in total. The van der Waals surface area contributed by atoms with Crippen LogP contribution in [-0.4, -0.2) is 38.2 Å². The molecule has 0 fully saturated rings. The second-order valence-electron chi connectivity index (χ2n) is 5.94. The average molecular weight is 420 g/mol. The van der Waals surface area contributed by atoms with Crippen LogP contribution in [0.4, 0.5) is 5.13 Å². The van der Waals surface area contributed by atoms with Crippen LogP contribution in [0.25, 0.3) is 10.6 Å². The van der Waals surface area contributed by atoms with E-state index in [9.17, 15) is 4.79 Å². The molecule has 0 radical (unpaired) electrons. The van der Waals surface area contributed by atoms with Crippen LogP contribution in [0, 0.1) is 0 Å². The van der Waals surface area contributed by atoms with E-state index in [-0.39, 0.29) is 18.4 Å². The largest absolute Gasteiger partial charge is 0.491 e. The van der Waals surface area contributed by atoms with Crippen LogP contribution in [0.15, 0.2) is 61.2 Å². The van der Waals surface area contributed by atoms with Crippen molar-refractivity contribution in [1.82, 2.24) is 25.1 Å². The number of amides is 1. The first-order valence-electron chi connectivity index (χ1n) is 8.85. The minimum Gasteiger partial charge on any atom is -0.491 e. The Morgan fingerprint density at radius 1 is 1.10 bits per heavy atom. The Hall–Kier alpha value is -3.92. The van der Waals surface area contributed by atoms with Crippen molar-refractivity contribution < 1.29 is 14.3 Å². The number of pyridine rings is 3. The Morgan fingerprint density at radius 3 is 2.73 bits per heavy atom. The van der Waals surface area contributed by atoms with Crippen molar-refractivity contribution in [3.8, 4) is 22.2 Å². The molecule has 4 aromatic rings. The van der Waals surface area contributed by atoms with Gasteiger partial charge in [0.2, 0.25) is 5.13 Å². The Bertz CT molecular complexity index is 1140. The first kappa shape index (κ1) is 19.4. The molecule has 4 aromatic heterocycles. The highest BCUT2D eigenvalue weighted by Crippen LogP contribution is 2.28. The number of carbonyl (C=O) groups is 1. The lowest BCUT2D eigenvalue weighted by molar-refractivity contribution is 0.102. The van der Waals surface area contributed by atoms with Gasteiger partial charge in [0, 0.05) is 36.4 Å². The lowest BCUT2D eigenvalue weighted by Crippen LogP contribution is -2.12. The Balaban J connectivity index is 1.44. The first-order valence-corrected chi connectivity index (χ1v) is 9.66. The van der Waals surface area contributed by atoms with Crippen LogP contribution >= 0.6 is 11.3 Å². The fourth-order valence-electron chi connectivity index (χ4n) is 2.49. The summed E-state index contributed by atoms with van der Waals surface area (Å²) in [6.45, 7) is 0.234. The van der Waals surface area contributed by atoms with Gasteiger partial charge in [0.15, 0.2) is 5.75 Å². The van der Waals surface area contributed by atoms with E-state index in [0.717, 1.165) is 11.3 Å². The summed E-state index contributed by atoms with van der Waals surface area (Å²) < 4.78 is 11.0. The third-order valence-electron chi connectivity index (χ3n) is 3.96. The maximum Gasteiger partial charge on any atom is 0.259 e. The average Bonchev–Trinajstić information content (AvgIpc) is 3.27. The Kier molecular flexibility index (Phi) is 5.85. The van der Waals surface area contributed by atoms with E-state index >= 15 is 0 Å². The maximum absolute atomic E-state index is 12.6. The predicted octanol–water partition coefficient (Wildman–Crippen LogP) is 3.23. The summed E-state index contributed by atoms with van der Waals surface area (Å²) >= 11 is 1.26. The Morgan fingerprint density at radius 2 is 1.97 bits per heavy atom. The number of carbonyl (C=O) groups excluding carboxylic acids is 1. The number of methoxy groups -OCH3 is 1. The van der Waals surface area contributed by atoms with Gasteiger partial charge in [0.25, 0.3) is 11.8 Å². The zero-order chi connectivity index (χ0) is 20.8. The molecule has 4 heterocycles. The normalized spacial score (nSPS) is 10.4. The SMILES string of the molecule is COc1cc(C(=O)Nc2nnc(-c3ccncc3)s2)cnc1OCc1ccccn1. The number of aromatic nitrogens is 5. The van der Waals surface area contributed by atoms with E-state index in [4.69, 9.17) is 9.47 Å². The second kappa shape index (κ2) is 9.05. The minimum atomic E-state index is -0.380. The number of hydrogen-bond acceptors (Lipinski definition) is 9. The molecule has 0 saturated carbocycles. The van der Waals surface area contributed by atoms with Crippen molar-refractivity contribution in [3.63, 3.8) is 0 Å². The van der Waals surface area contributed by atoms with Gasteiger partial charge in [0.05, 0.1) is 18.4 Å². The molecule has 0 unspecified atom stereocenters. The van der Waals surface area contributed by atoms with Gasteiger partial charge >= 0.3 is 0 Å². The van der Waals surface area contributed by atoms with Gasteiger partial charge in [-0.2, -0.15) is 0 Å². The quantitative estimate of drug-likeness (QED) is 0.485. The van der Waals surface area contributed by atoms with Crippen LogP contribution in [-0.2, 0) is 6.61 Å². The zero-order valence-corrected chi connectivity index (χ0v) is 16.7. The summed E-state index contributed by atoms with van der Waals surface area (Å²) in [4.78, 5) is 25.0. The lowest BCUT2D eigenvalue weighted by atomic mass is 10.2. The fourth-order valence-corrected chi connectivity index (χ4v) is 3.23.